The Hall–Kier alpha value is -2.45. The van der Waals surface area contributed by atoms with Gasteiger partial charge in [-0.05, 0) is 19.5 Å². The fourth-order valence-corrected chi connectivity index (χ4v) is 3.24. The molecule has 8 heteroatoms. The first kappa shape index (κ1) is 23.6. The fourth-order valence-electron chi connectivity index (χ4n) is 3.24. The molecule has 0 aromatic heterocycles. The summed E-state index contributed by atoms with van der Waals surface area (Å²) in [6, 6.07) is 7.39. The van der Waals surface area contributed by atoms with Crippen molar-refractivity contribution in [1.82, 2.24) is 20.9 Å². The number of hydrogen-bond acceptors (Lipinski definition) is 5. The van der Waals surface area contributed by atoms with Crippen molar-refractivity contribution in [3.63, 3.8) is 0 Å². The number of hydrogen-bond donors (Lipinski definition) is 3. The molecule has 0 bridgehead atoms. The largest absolute Gasteiger partial charge is 0.362 e. The normalized spacial score (nSPS) is 22.2. The number of ether oxygens (including phenoxy) is 1. The second-order valence-electron chi connectivity index (χ2n) is 6.12. The monoisotopic (exact) mass is 392 g/mol. The quantitative estimate of drug-likeness (QED) is 0.667. The zero-order chi connectivity index (χ0) is 21.1. The Morgan fingerprint density at radius 2 is 1.86 bits per heavy atom. The summed E-state index contributed by atoms with van der Waals surface area (Å²) in [5, 5.41) is 7.84. The van der Waals surface area contributed by atoms with E-state index in [0.717, 1.165) is 11.1 Å². The van der Waals surface area contributed by atoms with Gasteiger partial charge in [0, 0.05) is 19.0 Å². The molecule has 2 unspecified atom stereocenters. The molecule has 3 atom stereocenters. The average molecular weight is 393 g/mol. The van der Waals surface area contributed by atoms with Crippen molar-refractivity contribution >= 4 is 18.2 Å². The molecule has 2 aliphatic heterocycles. The highest BCUT2D eigenvalue weighted by atomic mass is 16.5. The van der Waals surface area contributed by atoms with Crippen LogP contribution in [0.15, 0.2) is 24.3 Å². The minimum Gasteiger partial charge on any atom is -0.362 e. The van der Waals surface area contributed by atoms with E-state index in [9.17, 15) is 9.59 Å². The molecular formula is C20H32N4O4. The highest BCUT2D eigenvalue weighted by Crippen LogP contribution is 2.43. The standard InChI is InChI=1S/C16H21N3O3.C2H5NO.C2H6/c1-10-11-5-3-4-6-12(11)16-19(10)15(21)13(7-8-22-16)18-14(20)9-17-2;1-3-2-4;1-2/h3-6,10,13,16-17H,7-9H2,1-2H3,(H,18,20);2H,1H3,(H,3,4);1-2H3/t10?,13-,16?;;/m0../s1. The molecule has 1 aromatic carbocycles. The van der Waals surface area contributed by atoms with E-state index in [4.69, 9.17) is 9.53 Å². The van der Waals surface area contributed by atoms with Gasteiger partial charge in [-0.15, -0.1) is 0 Å². The Bertz CT molecular complexity index is 653. The maximum Gasteiger partial charge on any atom is 0.248 e. The second-order valence-corrected chi connectivity index (χ2v) is 6.12. The maximum atomic E-state index is 12.9. The lowest BCUT2D eigenvalue weighted by atomic mass is 10.1. The Balaban J connectivity index is 0.000000583. The van der Waals surface area contributed by atoms with Crippen LogP contribution in [0.25, 0.3) is 0 Å². The molecule has 3 rings (SSSR count). The number of nitrogens with one attached hydrogen (secondary N) is 3. The van der Waals surface area contributed by atoms with E-state index in [-0.39, 0.29) is 30.6 Å². The van der Waals surface area contributed by atoms with E-state index in [2.05, 4.69) is 16.0 Å². The molecule has 0 spiro atoms. The minimum absolute atomic E-state index is 0.0458. The van der Waals surface area contributed by atoms with Crippen molar-refractivity contribution in [3.05, 3.63) is 35.4 Å². The number of fused-ring (bicyclic) bond motifs is 3. The number of carbonyl (C=O) groups excluding carboxylic acids is 3. The summed E-state index contributed by atoms with van der Waals surface area (Å²) < 4.78 is 5.90. The van der Waals surface area contributed by atoms with E-state index in [0.29, 0.717) is 19.4 Å². The second kappa shape index (κ2) is 12.1. The number of likely N-dealkylation sites (N-methyl/N-ethyl adjacent to an activating group) is 1. The zero-order valence-electron chi connectivity index (χ0n) is 17.3. The molecule has 3 N–H and O–H groups in total. The number of amides is 3. The number of carbonyl (C=O) groups is 3. The molecule has 0 saturated carbocycles. The van der Waals surface area contributed by atoms with Crippen LogP contribution in [0, 0.1) is 0 Å². The Morgan fingerprint density at radius 3 is 2.43 bits per heavy atom. The number of benzene rings is 1. The van der Waals surface area contributed by atoms with Crippen LogP contribution in [0.4, 0.5) is 0 Å². The van der Waals surface area contributed by atoms with Crippen molar-refractivity contribution in [2.75, 3.05) is 27.2 Å². The van der Waals surface area contributed by atoms with Gasteiger partial charge in [0.25, 0.3) is 0 Å². The van der Waals surface area contributed by atoms with Crippen molar-refractivity contribution in [2.24, 2.45) is 0 Å². The fraction of sp³-hybridized carbons (Fsp3) is 0.550. The van der Waals surface area contributed by atoms with Gasteiger partial charge in [-0.2, -0.15) is 0 Å². The third kappa shape index (κ3) is 5.53. The molecule has 0 aliphatic carbocycles. The van der Waals surface area contributed by atoms with E-state index in [1.54, 1.807) is 19.0 Å². The third-order valence-corrected chi connectivity index (χ3v) is 4.41. The van der Waals surface area contributed by atoms with Crippen LogP contribution in [-0.2, 0) is 19.1 Å². The Morgan fingerprint density at radius 1 is 1.25 bits per heavy atom. The molecule has 1 fully saturated rings. The lowest BCUT2D eigenvalue weighted by Crippen LogP contribution is -2.49. The average Bonchev–Trinajstić information content (AvgIpc) is 2.90. The predicted molar refractivity (Wildman–Crippen MR) is 107 cm³/mol. The minimum atomic E-state index is -0.525. The Labute approximate surface area is 167 Å². The van der Waals surface area contributed by atoms with Crippen LogP contribution < -0.4 is 16.0 Å². The molecule has 28 heavy (non-hydrogen) atoms. The molecular weight excluding hydrogens is 360 g/mol. The summed E-state index contributed by atoms with van der Waals surface area (Å²) in [5.41, 5.74) is 2.16. The van der Waals surface area contributed by atoms with Gasteiger partial charge in [0.1, 0.15) is 6.04 Å². The topological polar surface area (TPSA) is 99.8 Å². The van der Waals surface area contributed by atoms with E-state index in [1.165, 1.54) is 0 Å². The summed E-state index contributed by atoms with van der Waals surface area (Å²) in [5.74, 6) is -0.251. The first-order valence-electron chi connectivity index (χ1n) is 9.62. The maximum absolute atomic E-state index is 12.9. The summed E-state index contributed by atoms with van der Waals surface area (Å²) >= 11 is 0. The molecule has 3 amide bonds. The van der Waals surface area contributed by atoms with E-state index >= 15 is 0 Å². The SMILES string of the molecule is CC.CNC=O.CNCC(=O)N[C@H]1CCOC2c3ccccc3C(C)N2C1=O. The van der Waals surface area contributed by atoms with Crippen LogP contribution in [0.2, 0.25) is 0 Å². The van der Waals surface area contributed by atoms with Gasteiger partial charge in [-0.1, -0.05) is 38.1 Å². The highest BCUT2D eigenvalue weighted by molar-refractivity contribution is 5.89. The van der Waals surface area contributed by atoms with Gasteiger partial charge in [0.15, 0.2) is 6.23 Å². The zero-order valence-corrected chi connectivity index (χ0v) is 17.3. The smallest absolute Gasteiger partial charge is 0.248 e. The van der Waals surface area contributed by atoms with Crippen molar-refractivity contribution in [3.8, 4) is 0 Å². The van der Waals surface area contributed by atoms with Crippen LogP contribution >= 0.6 is 0 Å². The van der Waals surface area contributed by atoms with Gasteiger partial charge in [-0.3, -0.25) is 14.4 Å². The molecule has 2 aliphatic rings. The molecule has 2 heterocycles. The number of nitrogens with zero attached hydrogens (tertiary/aromatic N) is 1. The molecule has 1 aromatic rings. The summed E-state index contributed by atoms with van der Waals surface area (Å²) in [6.45, 7) is 6.64. The third-order valence-electron chi connectivity index (χ3n) is 4.41. The van der Waals surface area contributed by atoms with Gasteiger partial charge in [0.2, 0.25) is 18.2 Å². The predicted octanol–water partition coefficient (Wildman–Crippen LogP) is 1.10. The summed E-state index contributed by atoms with van der Waals surface area (Å²) in [7, 11) is 3.26. The van der Waals surface area contributed by atoms with Crippen LogP contribution in [0.1, 0.15) is 50.6 Å². The van der Waals surface area contributed by atoms with Gasteiger partial charge in [-0.25, -0.2) is 0 Å². The molecule has 1 saturated heterocycles. The van der Waals surface area contributed by atoms with Gasteiger partial charge in [0.05, 0.1) is 19.2 Å². The van der Waals surface area contributed by atoms with Crippen molar-refractivity contribution in [2.45, 2.75) is 45.5 Å². The number of rotatable bonds is 4. The lowest BCUT2D eigenvalue weighted by molar-refractivity contribution is -0.146. The Kier molecular flexibility index (Phi) is 10.2. The van der Waals surface area contributed by atoms with Crippen LogP contribution in [0.3, 0.4) is 0 Å². The van der Waals surface area contributed by atoms with Gasteiger partial charge < -0.3 is 25.6 Å². The summed E-state index contributed by atoms with van der Waals surface area (Å²) in [4.78, 5) is 35.4. The lowest BCUT2D eigenvalue weighted by Gasteiger charge is -2.28. The van der Waals surface area contributed by atoms with Crippen molar-refractivity contribution < 1.29 is 19.1 Å². The van der Waals surface area contributed by atoms with Crippen LogP contribution in [0.5, 0.6) is 0 Å². The van der Waals surface area contributed by atoms with Crippen LogP contribution in [-0.4, -0.2) is 56.4 Å². The molecule has 8 nitrogen and oxygen atoms in total. The first-order chi connectivity index (χ1) is 13.5. The highest BCUT2D eigenvalue weighted by Gasteiger charge is 2.43. The molecule has 0 radical (unpaired) electrons. The van der Waals surface area contributed by atoms with Gasteiger partial charge >= 0.3 is 0 Å². The van der Waals surface area contributed by atoms with E-state index < -0.39 is 6.04 Å². The molecule has 156 valence electrons. The first-order valence-corrected chi connectivity index (χ1v) is 9.62. The van der Waals surface area contributed by atoms with Crippen molar-refractivity contribution in [1.29, 1.82) is 0 Å². The summed E-state index contributed by atoms with van der Waals surface area (Å²) in [6.07, 6.45) is 0.779. The van der Waals surface area contributed by atoms with E-state index in [1.807, 2.05) is 45.0 Å².